The van der Waals surface area contributed by atoms with E-state index in [4.69, 9.17) is 7.16 Å². The summed E-state index contributed by atoms with van der Waals surface area (Å²) in [5, 5.41) is 11.2. The number of Topliss-reactive ketones (excluding diaryl/α,β-unsaturated/α-hetero) is 1. The second-order valence-corrected chi connectivity index (χ2v) is 4.91. The molecule has 0 radical (unpaired) electrons. The minimum absolute atomic E-state index is 0.173. The number of hydrogen-bond donors (Lipinski definition) is 1. The third kappa shape index (κ3) is 1.66. The van der Waals surface area contributed by atoms with Gasteiger partial charge in [0.2, 0.25) is 0 Å². The first-order valence-electron chi connectivity index (χ1n) is 6.53. The molecular formula is C14H10O4S. The second-order valence-electron chi connectivity index (χ2n) is 3.96. The van der Waals surface area contributed by atoms with E-state index in [1.54, 1.807) is 24.3 Å². The summed E-state index contributed by atoms with van der Waals surface area (Å²) in [5.74, 6) is -1.21. The van der Waals surface area contributed by atoms with E-state index in [0.717, 1.165) is 6.92 Å². The molecule has 0 amide bonds. The summed E-state index contributed by atoms with van der Waals surface area (Å²) in [6.07, 6.45) is -2.17. The average molecular weight is 276 g/mol. The van der Waals surface area contributed by atoms with Gasteiger partial charge in [0.05, 0.1) is 10.3 Å². The van der Waals surface area contributed by atoms with E-state index in [-0.39, 0.29) is 21.6 Å². The largest absolute Gasteiger partial charge is 0.506 e. The third-order valence-electron chi connectivity index (χ3n) is 2.92. The van der Waals surface area contributed by atoms with E-state index in [0.29, 0.717) is 22.1 Å². The summed E-state index contributed by atoms with van der Waals surface area (Å²) in [4.78, 5) is 23.2. The standard InChI is InChI=1S/C14H10O4S/c1-2-9(15)10-11(16)7-5-3-4-6-8(7)12-13(10)19-14(17)18-12/h3-6,16H,2H2,1H3/i2D2. The van der Waals surface area contributed by atoms with Gasteiger partial charge in [0, 0.05) is 19.9 Å². The van der Waals surface area contributed by atoms with Gasteiger partial charge in [-0.05, 0) is 0 Å². The Hall–Kier alpha value is -2.14. The highest BCUT2D eigenvalue weighted by Crippen LogP contribution is 2.39. The van der Waals surface area contributed by atoms with E-state index in [2.05, 4.69) is 0 Å². The molecule has 0 aliphatic rings. The summed E-state index contributed by atoms with van der Waals surface area (Å²) in [6, 6.07) is 6.65. The Kier molecular flexibility index (Phi) is 2.16. The molecule has 5 heteroatoms. The van der Waals surface area contributed by atoms with Crippen molar-refractivity contribution < 1.29 is 17.1 Å². The number of benzene rings is 2. The number of ketones is 1. The average Bonchev–Trinajstić information content (AvgIpc) is 2.79. The SMILES string of the molecule is [2H]C([2H])(C)C(=O)c1c(O)c2ccccc2c2oc(=O)sc12. The summed E-state index contributed by atoms with van der Waals surface area (Å²) < 4.78 is 20.4. The minimum Gasteiger partial charge on any atom is -0.506 e. The molecule has 0 saturated heterocycles. The van der Waals surface area contributed by atoms with Gasteiger partial charge < -0.3 is 9.52 Å². The molecule has 0 bridgehead atoms. The highest BCUT2D eigenvalue weighted by atomic mass is 32.1. The van der Waals surface area contributed by atoms with Crippen LogP contribution in [0.4, 0.5) is 0 Å². The molecule has 0 fully saturated rings. The number of phenolic OH excluding ortho intramolecular Hbond substituents is 1. The zero-order valence-corrected chi connectivity index (χ0v) is 10.7. The lowest BCUT2D eigenvalue weighted by Gasteiger charge is -2.07. The van der Waals surface area contributed by atoms with Gasteiger partial charge in [-0.2, -0.15) is 0 Å². The zero-order valence-electron chi connectivity index (χ0n) is 11.9. The summed E-state index contributed by atoms with van der Waals surface area (Å²) in [7, 11) is 0. The molecule has 0 aliphatic heterocycles. The number of hydrogen-bond acceptors (Lipinski definition) is 5. The first-order chi connectivity index (χ1) is 9.80. The molecule has 19 heavy (non-hydrogen) atoms. The van der Waals surface area contributed by atoms with Crippen LogP contribution >= 0.6 is 11.3 Å². The monoisotopic (exact) mass is 276 g/mol. The maximum absolute atomic E-state index is 12.3. The molecule has 96 valence electrons. The van der Waals surface area contributed by atoms with Gasteiger partial charge in [-0.1, -0.05) is 42.5 Å². The summed E-state index contributed by atoms with van der Waals surface area (Å²) in [5.41, 5.74) is -0.00181. The zero-order chi connectivity index (χ0) is 15.4. The van der Waals surface area contributed by atoms with Crippen LogP contribution in [0.25, 0.3) is 21.1 Å². The number of rotatable bonds is 2. The van der Waals surface area contributed by atoms with Gasteiger partial charge in [0.25, 0.3) is 0 Å². The normalized spacial score (nSPS) is 13.5. The van der Waals surface area contributed by atoms with Crippen LogP contribution in [0.15, 0.2) is 33.5 Å². The molecule has 3 rings (SSSR count). The van der Waals surface area contributed by atoms with Crippen LogP contribution in [0.3, 0.4) is 0 Å². The van der Waals surface area contributed by atoms with Crippen LogP contribution in [-0.2, 0) is 0 Å². The Morgan fingerprint density at radius 1 is 1.42 bits per heavy atom. The Labute approximate surface area is 114 Å². The smallest absolute Gasteiger partial charge is 0.396 e. The van der Waals surface area contributed by atoms with E-state index in [9.17, 15) is 14.7 Å². The van der Waals surface area contributed by atoms with Gasteiger partial charge in [0.1, 0.15) is 5.75 Å². The lowest BCUT2D eigenvalue weighted by molar-refractivity contribution is 0.0987. The van der Waals surface area contributed by atoms with Crippen molar-refractivity contribution in [3.8, 4) is 5.75 Å². The van der Waals surface area contributed by atoms with Crippen LogP contribution in [0.2, 0.25) is 0 Å². The van der Waals surface area contributed by atoms with E-state index in [1.165, 1.54) is 0 Å². The summed E-state index contributed by atoms with van der Waals surface area (Å²) in [6.45, 7) is 1.11. The number of carbonyl (C=O) groups excluding carboxylic acids is 1. The summed E-state index contributed by atoms with van der Waals surface area (Å²) >= 11 is 0.682. The van der Waals surface area contributed by atoms with Crippen molar-refractivity contribution >= 4 is 38.2 Å². The minimum atomic E-state index is -2.17. The van der Waals surface area contributed by atoms with Crippen molar-refractivity contribution in [3.63, 3.8) is 0 Å². The lowest BCUT2D eigenvalue weighted by atomic mass is 10.0. The van der Waals surface area contributed by atoms with Crippen LogP contribution in [0, 0.1) is 0 Å². The van der Waals surface area contributed by atoms with Crippen LogP contribution < -0.4 is 4.94 Å². The molecule has 2 aromatic carbocycles. The van der Waals surface area contributed by atoms with Crippen molar-refractivity contribution in [2.24, 2.45) is 0 Å². The predicted octanol–water partition coefficient (Wildman–Crippen LogP) is 3.31. The fraction of sp³-hybridized carbons (Fsp3) is 0.143. The highest BCUT2D eigenvalue weighted by Gasteiger charge is 2.21. The molecule has 0 saturated carbocycles. The molecule has 0 aliphatic carbocycles. The van der Waals surface area contributed by atoms with E-state index < -0.39 is 17.1 Å². The lowest BCUT2D eigenvalue weighted by Crippen LogP contribution is -1.98. The number of fused-ring (bicyclic) bond motifs is 3. The van der Waals surface area contributed by atoms with Crippen LogP contribution in [0.1, 0.15) is 26.4 Å². The molecule has 0 atom stereocenters. The van der Waals surface area contributed by atoms with Crippen molar-refractivity contribution in [1.29, 1.82) is 0 Å². The topological polar surface area (TPSA) is 67.5 Å². The fourth-order valence-corrected chi connectivity index (χ4v) is 2.91. The molecular weight excluding hydrogens is 264 g/mol. The van der Waals surface area contributed by atoms with Gasteiger partial charge in [-0.25, -0.2) is 4.79 Å². The molecule has 3 aromatic rings. The van der Waals surface area contributed by atoms with Gasteiger partial charge >= 0.3 is 4.94 Å². The quantitative estimate of drug-likeness (QED) is 0.729. The molecule has 0 unspecified atom stereocenters. The first-order valence-corrected chi connectivity index (χ1v) is 6.34. The van der Waals surface area contributed by atoms with Gasteiger partial charge in [-0.3, -0.25) is 4.79 Å². The Morgan fingerprint density at radius 2 is 2.11 bits per heavy atom. The third-order valence-corrected chi connectivity index (χ3v) is 3.77. The molecule has 0 spiro atoms. The fourth-order valence-electron chi connectivity index (χ4n) is 2.09. The molecule has 1 heterocycles. The first kappa shape index (κ1) is 9.75. The van der Waals surface area contributed by atoms with Gasteiger partial charge in [0.15, 0.2) is 11.4 Å². The maximum Gasteiger partial charge on any atom is 0.396 e. The Balaban J connectivity index is 2.55. The number of aromatic hydroxyl groups is 1. The maximum atomic E-state index is 12.3. The number of phenols is 1. The Morgan fingerprint density at radius 3 is 2.79 bits per heavy atom. The van der Waals surface area contributed by atoms with Crippen molar-refractivity contribution in [2.45, 2.75) is 13.3 Å². The van der Waals surface area contributed by atoms with Crippen molar-refractivity contribution in [3.05, 3.63) is 39.6 Å². The predicted molar refractivity (Wildman–Crippen MR) is 74.2 cm³/mol. The van der Waals surface area contributed by atoms with E-state index >= 15 is 0 Å². The van der Waals surface area contributed by atoms with Crippen molar-refractivity contribution in [2.75, 3.05) is 0 Å². The molecule has 4 nitrogen and oxygen atoms in total. The second kappa shape index (κ2) is 4.20. The van der Waals surface area contributed by atoms with E-state index in [1.807, 2.05) is 0 Å². The van der Waals surface area contributed by atoms with Crippen LogP contribution in [-0.4, -0.2) is 10.9 Å². The molecule has 1 N–H and O–H groups in total. The highest BCUT2D eigenvalue weighted by molar-refractivity contribution is 7.16. The van der Waals surface area contributed by atoms with Crippen molar-refractivity contribution in [1.82, 2.24) is 0 Å². The Bertz CT molecular complexity index is 934. The van der Waals surface area contributed by atoms with Gasteiger partial charge in [-0.15, -0.1) is 0 Å². The number of carbonyl (C=O) groups is 1. The molecule has 1 aromatic heterocycles. The van der Waals surface area contributed by atoms with Crippen LogP contribution in [0.5, 0.6) is 5.75 Å².